The molecule has 1 unspecified atom stereocenters. The third kappa shape index (κ3) is 3.70. The number of benzene rings is 2. The molecule has 0 amide bonds. The van der Waals surface area contributed by atoms with Crippen molar-refractivity contribution < 1.29 is 9.84 Å². The maximum Gasteiger partial charge on any atom is 0.125 e. The lowest BCUT2D eigenvalue weighted by molar-refractivity contribution is 0.178. The quantitative estimate of drug-likeness (QED) is 0.883. The molecule has 3 N–H and O–H groups in total. The summed E-state index contributed by atoms with van der Waals surface area (Å²) in [5, 5.41) is 10.4. The van der Waals surface area contributed by atoms with Crippen LogP contribution in [-0.2, 0) is 6.61 Å². The van der Waals surface area contributed by atoms with Gasteiger partial charge >= 0.3 is 0 Å². The van der Waals surface area contributed by atoms with Gasteiger partial charge in [0.05, 0.1) is 6.10 Å². The fourth-order valence-corrected chi connectivity index (χ4v) is 1.95. The largest absolute Gasteiger partial charge is 0.489 e. The van der Waals surface area contributed by atoms with Crippen LogP contribution in [0.15, 0.2) is 48.5 Å². The summed E-state index contributed by atoms with van der Waals surface area (Å²) in [5.41, 5.74) is 7.16. The van der Waals surface area contributed by atoms with Gasteiger partial charge in [-0.15, -0.1) is 0 Å². The lowest BCUT2D eigenvalue weighted by Gasteiger charge is -2.15. The summed E-state index contributed by atoms with van der Waals surface area (Å²) in [6.45, 7) is 0.564. The minimum atomic E-state index is -0.774. The van der Waals surface area contributed by atoms with Gasteiger partial charge in [-0.25, -0.2) is 0 Å². The van der Waals surface area contributed by atoms with E-state index in [4.69, 9.17) is 22.1 Å². The summed E-state index contributed by atoms with van der Waals surface area (Å²) >= 11 is 5.93. The van der Waals surface area contributed by atoms with Crippen molar-refractivity contribution in [3.8, 4) is 5.75 Å². The Morgan fingerprint density at radius 1 is 1.16 bits per heavy atom. The standard InChI is InChI=1S/C15H16ClNO2/c16-12-6-7-15(13(8-12)14(18)9-17)19-10-11-4-2-1-3-5-11/h1-8,14,18H,9-10,17H2. The molecule has 0 bridgehead atoms. The van der Waals surface area contributed by atoms with Crippen LogP contribution in [-0.4, -0.2) is 11.7 Å². The van der Waals surface area contributed by atoms with Crippen molar-refractivity contribution in [1.82, 2.24) is 0 Å². The van der Waals surface area contributed by atoms with E-state index in [1.807, 2.05) is 30.3 Å². The number of nitrogens with two attached hydrogens (primary N) is 1. The van der Waals surface area contributed by atoms with Crippen molar-refractivity contribution in [2.45, 2.75) is 12.7 Å². The highest BCUT2D eigenvalue weighted by atomic mass is 35.5. The third-order valence-corrected chi connectivity index (χ3v) is 3.03. The van der Waals surface area contributed by atoms with Gasteiger partial charge in [0, 0.05) is 17.1 Å². The lowest BCUT2D eigenvalue weighted by atomic mass is 10.1. The first-order valence-corrected chi connectivity index (χ1v) is 6.43. The summed E-state index contributed by atoms with van der Waals surface area (Å²) < 4.78 is 5.73. The van der Waals surface area contributed by atoms with Gasteiger partial charge in [-0.2, -0.15) is 0 Å². The second-order valence-corrected chi connectivity index (χ2v) is 4.64. The van der Waals surface area contributed by atoms with Crippen LogP contribution in [0.4, 0.5) is 0 Å². The lowest BCUT2D eigenvalue weighted by Crippen LogP contribution is -2.13. The minimum absolute atomic E-state index is 0.127. The van der Waals surface area contributed by atoms with Crippen molar-refractivity contribution in [3.05, 3.63) is 64.7 Å². The van der Waals surface area contributed by atoms with Crippen molar-refractivity contribution in [3.63, 3.8) is 0 Å². The second-order valence-electron chi connectivity index (χ2n) is 4.21. The first-order valence-electron chi connectivity index (χ1n) is 6.05. The fourth-order valence-electron chi connectivity index (χ4n) is 1.77. The molecule has 0 aromatic heterocycles. The Balaban J connectivity index is 2.15. The summed E-state index contributed by atoms with van der Waals surface area (Å²) in [7, 11) is 0. The number of halogens is 1. The maximum absolute atomic E-state index is 9.87. The smallest absolute Gasteiger partial charge is 0.125 e. The second kappa shape index (κ2) is 6.57. The van der Waals surface area contributed by atoms with E-state index in [2.05, 4.69) is 0 Å². The minimum Gasteiger partial charge on any atom is -0.489 e. The summed E-state index contributed by atoms with van der Waals surface area (Å²) in [5.74, 6) is 0.603. The predicted octanol–water partition coefficient (Wildman–Crippen LogP) is 2.91. The molecule has 0 heterocycles. The molecule has 3 nitrogen and oxygen atoms in total. The van der Waals surface area contributed by atoms with Gasteiger partial charge in [0.15, 0.2) is 0 Å². The summed E-state index contributed by atoms with van der Waals surface area (Å²) in [6, 6.07) is 15.0. The van der Waals surface area contributed by atoms with Crippen LogP contribution in [0.5, 0.6) is 5.75 Å². The molecule has 0 spiro atoms. The molecule has 100 valence electrons. The molecule has 2 aromatic rings. The highest BCUT2D eigenvalue weighted by Gasteiger charge is 2.12. The van der Waals surface area contributed by atoms with Crippen LogP contribution >= 0.6 is 11.6 Å². The van der Waals surface area contributed by atoms with E-state index in [0.717, 1.165) is 5.56 Å². The Bertz CT molecular complexity index is 531. The van der Waals surface area contributed by atoms with E-state index in [1.54, 1.807) is 18.2 Å². The Kier molecular flexibility index (Phi) is 4.80. The van der Waals surface area contributed by atoms with Crippen molar-refractivity contribution in [2.75, 3.05) is 6.54 Å². The normalized spacial score (nSPS) is 12.2. The molecule has 2 aromatic carbocycles. The maximum atomic E-state index is 9.87. The van der Waals surface area contributed by atoms with E-state index >= 15 is 0 Å². The highest BCUT2D eigenvalue weighted by Crippen LogP contribution is 2.28. The molecule has 1 atom stereocenters. The van der Waals surface area contributed by atoms with Gasteiger partial charge in [-0.1, -0.05) is 41.9 Å². The molecule has 19 heavy (non-hydrogen) atoms. The SMILES string of the molecule is NCC(O)c1cc(Cl)ccc1OCc1ccccc1. The molecule has 4 heteroatoms. The molecule has 0 radical (unpaired) electrons. The predicted molar refractivity (Wildman–Crippen MR) is 76.2 cm³/mol. The van der Waals surface area contributed by atoms with E-state index in [-0.39, 0.29) is 6.54 Å². The van der Waals surface area contributed by atoms with Gasteiger partial charge in [-0.3, -0.25) is 0 Å². The van der Waals surface area contributed by atoms with E-state index in [1.165, 1.54) is 0 Å². The number of hydrogen-bond acceptors (Lipinski definition) is 3. The average molecular weight is 278 g/mol. The van der Waals surface area contributed by atoms with Gasteiger partial charge in [0.1, 0.15) is 12.4 Å². The monoisotopic (exact) mass is 277 g/mol. The van der Waals surface area contributed by atoms with Crippen LogP contribution in [0.25, 0.3) is 0 Å². The molecule has 0 fully saturated rings. The summed E-state index contributed by atoms with van der Waals surface area (Å²) in [6.07, 6.45) is -0.774. The topological polar surface area (TPSA) is 55.5 Å². The van der Waals surface area contributed by atoms with E-state index < -0.39 is 6.10 Å². The zero-order valence-electron chi connectivity index (χ0n) is 10.4. The molecule has 0 aliphatic heterocycles. The molecular weight excluding hydrogens is 262 g/mol. The van der Waals surface area contributed by atoms with Crippen molar-refractivity contribution >= 4 is 11.6 Å². The molecule has 2 rings (SSSR count). The van der Waals surface area contributed by atoms with Gasteiger partial charge in [0.2, 0.25) is 0 Å². The third-order valence-electron chi connectivity index (χ3n) is 2.79. The molecule has 0 saturated heterocycles. The van der Waals surface area contributed by atoms with Crippen LogP contribution in [0.3, 0.4) is 0 Å². The zero-order chi connectivity index (χ0) is 13.7. The average Bonchev–Trinajstić information content (AvgIpc) is 2.46. The van der Waals surface area contributed by atoms with E-state index in [0.29, 0.717) is 22.9 Å². The highest BCUT2D eigenvalue weighted by molar-refractivity contribution is 6.30. The number of rotatable bonds is 5. The molecule has 0 aliphatic carbocycles. The molecule has 0 saturated carbocycles. The summed E-state index contributed by atoms with van der Waals surface area (Å²) in [4.78, 5) is 0. The van der Waals surface area contributed by atoms with Crippen molar-refractivity contribution in [2.24, 2.45) is 5.73 Å². The Hall–Kier alpha value is -1.55. The number of hydrogen-bond donors (Lipinski definition) is 2. The van der Waals surface area contributed by atoms with Crippen LogP contribution in [0.2, 0.25) is 5.02 Å². The Morgan fingerprint density at radius 2 is 1.89 bits per heavy atom. The number of ether oxygens (including phenoxy) is 1. The van der Waals surface area contributed by atoms with Gasteiger partial charge in [0.25, 0.3) is 0 Å². The number of aliphatic hydroxyl groups excluding tert-OH is 1. The first-order chi connectivity index (χ1) is 9.20. The van der Waals surface area contributed by atoms with Gasteiger partial charge < -0.3 is 15.6 Å². The van der Waals surface area contributed by atoms with Gasteiger partial charge in [-0.05, 0) is 23.8 Å². The number of aliphatic hydroxyl groups is 1. The van der Waals surface area contributed by atoms with Crippen molar-refractivity contribution in [1.29, 1.82) is 0 Å². The Morgan fingerprint density at radius 3 is 2.58 bits per heavy atom. The van der Waals surface area contributed by atoms with Crippen LogP contribution < -0.4 is 10.5 Å². The molecular formula is C15H16ClNO2. The fraction of sp³-hybridized carbons (Fsp3) is 0.200. The first kappa shape index (κ1) is 13.9. The van der Waals surface area contributed by atoms with Crippen LogP contribution in [0.1, 0.15) is 17.2 Å². The Labute approximate surface area is 117 Å². The van der Waals surface area contributed by atoms with E-state index in [9.17, 15) is 5.11 Å². The zero-order valence-corrected chi connectivity index (χ0v) is 11.2. The molecule has 0 aliphatic rings. The van der Waals surface area contributed by atoms with Crippen LogP contribution in [0, 0.1) is 0 Å².